The zero-order chi connectivity index (χ0) is 8.41. The van der Waals surface area contributed by atoms with Crippen molar-refractivity contribution in [3.63, 3.8) is 0 Å². The molecule has 0 atom stereocenters. The molecule has 0 aromatic carbocycles. The van der Waals surface area contributed by atoms with Gasteiger partial charge in [0.2, 0.25) is 0 Å². The fraction of sp³-hybridized carbons (Fsp3) is 0.571. The van der Waals surface area contributed by atoms with Gasteiger partial charge in [0.1, 0.15) is 0 Å². The Morgan fingerprint density at radius 2 is 1.70 bits per heavy atom. The molecule has 3 heteroatoms. The average molecular weight is 150 g/mol. The summed E-state index contributed by atoms with van der Waals surface area (Å²) >= 11 is 0. The van der Waals surface area contributed by atoms with Crippen LogP contribution in [-0.2, 0) is 4.74 Å². The molecular formula is C7H12F2O. The zero-order valence-corrected chi connectivity index (χ0v) is 6.29. The van der Waals surface area contributed by atoms with Gasteiger partial charge in [0.15, 0.2) is 0 Å². The quantitative estimate of drug-likeness (QED) is 0.550. The summed E-state index contributed by atoms with van der Waals surface area (Å²) in [6, 6.07) is 0. The molecule has 0 saturated heterocycles. The average Bonchev–Trinajstić information content (AvgIpc) is 1.91. The van der Waals surface area contributed by atoms with Crippen molar-refractivity contribution in [1.29, 1.82) is 0 Å². The third-order valence-corrected chi connectivity index (χ3v) is 0.542. The molecular weight excluding hydrogens is 138 g/mol. The predicted molar refractivity (Wildman–Crippen MR) is 37.0 cm³/mol. The summed E-state index contributed by atoms with van der Waals surface area (Å²) in [4.78, 5) is 0. The van der Waals surface area contributed by atoms with Crippen LogP contribution in [-0.4, -0.2) is 13.2 Å². The second kappa shape index (κ2) is 11.2. The van der Waals surface area contributed by atoms with Crippen LogP contribution < -0.4 is 0 Å². The molecule has 0 radical (unpaired) electrons. The van der Waals surface area contributed by atoms with E-state index in [-0.39, 0.29) is 0 Å². The van der Waals surface area contributed by atoms with Crippen LogP contribution in [0.15, 0.2) is 18.4 Å². The van der Waals surface area contributed by atoms with Crippen molar-refractivity contribution in [2.45, 2.75) is 13.8 Å². The van der Waals surface area contributed by atoms with Gasteiger partial charge in [0, 0.05) is 13.2 Å². The maximum absolute atomic E-state index is 10.5. The minimum atomic E-state index is -1.86. The maximum Gasteiger partial charge on any atom is 0.312 e. The highest BCUT2D eigenvalue weighted by atomic mass is 19.3. The third-order valence-electron chi connectivity index (χ3n) is 0.542. The zero-order valence-electron chi connectivity index (χ0n) is 6.29. The van der Waals surface area contributed by atoms with Crippen LogP contribution in [0.3, 0.4) is 0 Å². The van der Waals surface area contributed by atoms with Gasteiger partial charge in [-0.15, -0.1) is 0 Å². The van der Waals surface area contributed by atoms with Crippen molar-refractivity contribution in [2.75, 3.05) is 13.2 Å². The maximum atomic E-state index is 10.5. The van der Waals surface area contributed by atoms with E-state index in [4.69, 9.17) is 4.74 Å². The number of hydrogen-bond donors (Lipinski definition) is 0. The first-order valence-electron chi connectivity index (χ1n) is 2.97. The van der Waals surface area contributed by atoms with Crippen molar-refractivity contribution >= 4 is 0 Å². The lowest BCUT2D eigenvalue weighted by Gasteiger charge is -1.86. The molecule has 60 valence electrons. The van der Waals surface area contributed by atoms with E-state index in [1.165, 1.54) is 5.73 Å². The summed E-state index contributed by atoms with van der Waals surface area (Å²) in [7, 11) is 0. The van der Waals surface area contributed by atoms with E-state index in [2.05, 4.69) is 6.58 Å². The molecule has 0 aliphatic rings. The Morgan fingerprint density at radius 3 is 1.70 bits per heavy atom. The van der Waals surface area contributed by atoms with Crippen molar-refractivity contribution in [3.05, 3.63) is 18.4 Å². The van der Waals surface area contributed by atoms with Crippen LogP contribution in [0.5, 0.6) is 0 Å². The SMILES string of the molecule is C=C=C(F)F.CCOCC. The first-order chi connectivity index (χ1) is 4.68. The van der Waals surface area contributed by atoms with Gasteiger partial charge in [-0.1, -0.05) is 12.3 Å². The molecule has 0 aromatic heterocycles. The van der Waals surface area contributed by atoms with Crippen molar-refractivity contribution in [3.8, 4) is 0 Å². The van der Waals surface area contributed by atoms with Crippen LogP contribution in [0.4, 0.5) is 8.78 Å². The van der Waals surface area contributed by atoms with E-state index < -0.39 is 6.08 Å². The number of hydrogen-bond acceptors (Lipinski definition) is 1. The van der Waals surface area contributed by atoms with Gasteiger partial charge in [-0.25, -0.2) is 0 Å². The lowest BCUT2D eigenvalue weighted by atomic mass is 10.8. The summed E-state index contributed by atoms with van der Waals surface area (Å²) in [5, 5.41) is 0. The van der Waals surface area contributed by atoms with Gasteiger partial charge in [0.25, 0.3) is 0 Å². The summed E-state index contributed by atoms with van der Waals surface area (Å²) in [5.74, 6) is 0. The van der Waals surface area contributed by atoms with Crippen molar-refractivity contribution in [2.24, 2.45) is 0 Å². The van der Waals surface area contributed by atoms with E-state index in [0.29, 0.717) is 0 Å². The van der Waals surface area contributed by atoms with E-state index in [9.17, 15) is 8.78 Å². The smallest absolute Gasteiger partial charge is 0.312 e. The molecule has 0 bridgehead atoms. The van der Waals surface area contributed by atoms with Gasteiger partial charge >= 0.3 is 6.08 Å². The Bertz CT molecular complexity index is 100. The minimum Gasteiger partial charge on any atom is -0.382 e. The van der Waals surface area contributed by atoms with Crippen LogP contribution in [0, 0.1) is 0 Å². The summed E-state index contributed by atoms with van der Waals surface area (Å²) < 4.78 is 25.8. The molecule has 0 N–H and O–H groups in total. The van der Waals surface area contributed by atoms with Crippen molar-refractivity contribution in [1.82, 2.24) is 0 Å². The largest absolute Gasteiger partial charge is 0.382 e. The van der Waals surface area contributed by atoms with Gasteiger partial charge in [-0.05, 0) is 13.8 Å². The molecule has 0 aliphatic carbocycles. The summed E-state index contributed by atoms with van der Waals surface area (Å²) in [5.41, 5.74) is 1.36. The Labute approximate surface area is 60.0 Å². The topological polar surface area (TPSA) is 9.23 Å². The van der Waals surface area contributed by atoms with Crippen LogP contribution in [0.2, 0.25) is 0 Å². The van der Waals surface area contributed by atoms with Crippen molar-refractivity contribution < 1.29 is 13.5 Å². The Hall–Kier alpha value is -0.660. The number of ether oxygens (including phenoxy) is 1. The molecule has 0 rings (SSSR count). The molecule has 0 fully saturated rings. The van der Waals surface area contributed by atoms with E-state index in [0.717, 1.165) is 13.2 Å². The number of halogens is 2. The normalized spacial score (nSPS) is 7.20. The molecule has 0 aliphatic heterocycles. The molecule has 0 heterocycles. The molecule has 0 aromatic rings. The highest BCUT2D eigenvalue weighted by Gasteiger charge is 1.71. The Balaban J connectivity index is 0. The highest BCUT2D eigenvalue weighted by molar-refractivity contribution is 4.71. The lowest BCUT2D eigenvalue weighted by Crippen LogP contribution is -1.84. The van der Waals surface area contributed by atoms with E-state index in [1.54, 1.807) is 0 Å². The predicted octanol–water partition coefficient (Wildman–Crippen LogP) is 2.59. The molecule has 10 heavy (non-hydrogen) atoms. The second-order valence-electron chi connectivity index (χ2n) is 1.22. The molecule has 0 spiro atoms. The van der Waals surface area contributed by atoms with Crippen LogP contribution in [0.25, 0.3) is 0 Å². The monoisotopic (exact) mass is 150 g/mol. The molecule has 0 unspecified atom stereocenters. The standard InChI is InChI=1S/C4H10O.C3H2F2/c1-3-5-4-2;1-2-3(4)5/h3-4H2,1-2H3;1H2. The molecule has 0 saturated carbocycles. The first-order valence-corrected chi connectivity index (χ1v) is 2.97. The highest BCUT2D eigenvalue weighted by Crippen LogP contribution is 1.88. The lowest BCUT2D eigenvalue weighted by molar-refractivity contribution is 0.162. The summed E-state index contributed by atoms with van der Waals surface area (Å²) in [6.45, 7) is 8.31. The number of rotatable bonds is 2. The van der Waals surface area contributed by atoms with Crippen LogP contribution >= 0.6 is 0 Å². The van der Waals surface area contributed by atoms with Crippen LogP contribution in [0.1, 0.15) is 13.8 Å². The summed E-state index contributed by atoms with van der Waals surface area (Å²) in [6.07, 6.45) is -1.86. The fourth-order valence-corrected chi connectivity index (χ4v) is 0.204. The Kier molecular flexibility index (Phi) is 13.5. The van der Waals surface area contributed by atoms with Gasteiger partial charge in [-0.3, -0.25) is 0 Å². The molecule has 0 amide bonds. The van der Waals surface area contributed by atoms with Gasteiger partial charge in [-0.2, -0.15) is 8.78 Å². The van der Waals surface area contributed by atoms with Gasteiger partial charge < -0.3 is 4.74 Å². The van der Waals surface area contributed by atoms with E-state index in [1.807, 2.05) is 13.8 Å². The first kappa shape index (κ1) is 12.1. The second-order valence-corrected chi connectivity index (χ2v) is 1.22. The Morgan fingerprint density at radius 1 is 1.40 bits per heavy atom. The van der Waals surface area contributed by atoms with Gasteiger partial charge in [0.05, 0.1) is 0 Å². The molecule has 1 nitrogen and oxygen atoms in total. The van der Waals surface area contributed by atoms with E-state index >= 15 is 0 Å². The fourth-order valence-electron chi connectivity index (χ4n) is 0.204. The third kappa shape index (κ3) is 26.4. The minimum absolute atomic E-state index is 0.844.